The van der Waals surface area contributed by atoms with Crippen molar-refractivity contribution in [3.05, 3.63) is 80.8 Å². The summed E-state index contributed by atoms with van der Waals surface area (Å²) in [5.41, 5.74) is 1.73. The first kappa shape index (κ1) is 17.9. The Balaban J connectivity index is 1.69. The van der Waals surface area contributed by atoms with Crippen LogP contribution in [0.3, 0.4) is 0 Å². The molecule has 0 spiro atoms. The lowest BCUT2D eigenvalue weighted by Crippen LogP contribution is -2.33. The van der Waals surface area contributed by atoms with Crippen LogP contribution in [-0.4, -0.2) is 21.4 Å². The van der Waals surface area contributed by atoms with Gasteiger partial charge >= 0.3 is 0 Å². The van der Waals surface area contributed by atoms with Crippen molar-refractivity contribution in [2.45, 2.75) is 18.4 Å². The molecule has 1 aliphatic heterocycles. The zero-order valence-electron chi connectivity index (χ0n) is 13.5. The Morgan fingerprint density at radius 3 is 2.69 bits per heavy atom. The number of halogens is 3. The number of hydrogen-bond donors (Lipinski definition) is 0. The first-order chi connectivity index (χ1) is 12.6. The highest BCUT2D eigenvalue weighted by Crippen LogP contribution is 2.43. The standard InChI is InChI=1S/C18H14BrCl2N3O2/c19-13-3-1-12(2-4-13)18(9-24-11-22-10-23-24)25-8-17(26-18)15-6-5-14(20)7-16(15)21/h1-7,10-11,17H,8-9H2. The van der Waals surface area contributed by atoms with Gasteiger partial charge in [0.1, 0.15) is 25.3 Å². The molecule has 26 heavy (non-hydrogen) atoms. The fourth-order valence-corrected chi connectivity index (χ4v) is 3.78. The molecule has 0 N–H and O–H groups in total. The molecule has 1 aromatic heterocycles. The predicted molar refractivity (Wildman–Crippen MR) is 102 cm³/mol. The second-order valence-electron chi connectivity index (χ2n) is 5.94. The molecule has 3 aromatic rings. The van der Waals surface area contributed by atoms with Gasteiger partial charge in [-0.2, -0.15) is 5.10 Å². The Hall–Kier alpha value is -1.44. The van der Waals surface area contributed by atoms with Crippen LogP contribution in [0, 0.1) is 0 Å². The molecular weight excluding hydrogens is 441 g/mol. The lowest BCUT2D eigenvalue weighted by atomic mass is 10.1. The van der Waals surface area contributed by atoms with Gasteiger partial charge in [0.2, 0.25) is 5.79 Å². The predicted octanol–water partition coefficient (Wildman–Crippen LogP) is 4.99. The molecule has 2 atom stereocenters. The van der Waals surface area contributed by atoms with Crippen LogP contribution in [0.4, 0.5) is 0 Å². The molecule has 8 heteroatoms. The summed E-state index contributed by atoms with van der Waals surface area (Å²) in [7, 11) is 0. The summed E-state index contributed by atoms with van der Waals surface area (Å²) in [6.07, 6.45) is 2.81. The summed E-state index contributed by atoms with van der Waals surface area (Å²) in [4.78, 5) is 4.00. The van der Waals surface area contributed by atoms with Crippen molar-refractivity contribution in [2.24, 2.45) is 0 Å². The summed E-state index contributed by atoms with van der Waals surface area (Å²) in [6, 6.07) is 13.2. The molecule has 0 amide bonds. The number of nitrogens with zero attached hydrogens (tertiary/aromatic N) is 3. The lowest BCUT2D eigenvalue weighted by Gasteiger charge is -2.28. The van der Waals surface area contributed by atoms with Gasteiger partial charge in [-0.25, -0.2) is 9.67 Å². The van der Waals surface area contributed by atoms with Crippen molar-refractivity contribution >= 4 is 39.1 Å². The molecule has 0 radical (unpaired) electrons. The summed E-state index contributed by atoms with van der Waals surface area (Å²) in [6.45, 7) is 0.739. The van der Waals surface area contributed by atoms with Crippen molar-refractivity contribution in [1.82, 2.24) is 14.8 Å². The summed E-state index contributed by atoms with van der Waals surface area (Å²) >= 11 is 15.8. The van der Waals surface area contributed by atoms with E-state index < -0.39 is 5.79 Å². The average molecular weight is 455 g/mol. The Morgan fingerprint density at radius 2 is 2.00 bits per heavy atom. The minimum atomic E-state index is -0.984. The molecule has 5 nitrogen and oxygen atoms in total. The number of benzene rings is 2. The highest BCUT2D eigenvalue weighted by molar-refractivity contribution is 9.10. The Morgan fingerprint density at radius 1 is 1.19 bits per heavy atom. The molecule has 2 heterocycles. The summed E-state index contributed by atoms with van der Waals surface area (Å²) in [5, 5.41) is 5.32. The van der Waals surface area contributed by atoms with E-state index in [1.165, 1.54) is 6.33 Å². The fourth-order valence-electron chi connectivity index (χ4n) is 2.98. The highest BCUT2D eigenvalue weighted by Gasteiger charge is 2.45. The third-order valence-corrected chi connectivity index (χ3v) is 5.32. The van der Waals surface area contributed by atoms with E-state index >= 15 is 0 Å². The van der Waals surface area contributed by atoms with E-state index in [2.05, 4.69) is 26.0 Å². The van der Waals surface area contributed by atoms with Crippen LogP contribution in [0.25, 0.3) is 0 Å². The lowest BCUT2D eigenvalue weighted by molar-refractivity contribution is -0.189. The van der Waals surface area contributed by atoms with Gasteiger partial charge in [0.05, 0.1) is 6.61 Å². The third kappa shape index (κ3) is 3.52. The number of aromatic nitrogens is 3. The number of hydrogen-bond acceptors (Lipinski definition) is 4. The van der Waals surface area contributed by atoms with Crippen LogP contribution in [0.15, 0.2) is 59.6 Å². The van der Waals surface area contributed by atoms with Crippen molar-refractivity contribution in [3.8, 4) is 0 Å². The molecular formula is C18H14BrCl2N3O2. The van der Waals surface area contributed by atoms with Gasteiger partial charge in [0, 0.05) is 25.6 Å². The van der Waals surface area contributed by atoms with E-state index in [0.29, 0.717) is 23.2 Å². The number of rotatable bonds is 4. The molecule has 4 rings (SSSR count). The van der Waals surface area contributed by atoms with Gasteiger partial charge < -0.3 is 9.47 Å². The monoisotopic (exact) mass is 453 g/mol. The second-order valence-corrected chi connectivity index (χ2v) is 7.70. The molecule has 0 bridgehead atoms. The van der Waals surface area contributed by atoms with Crippen LogP contribution >= 0.6 is 39.1 Å². The molecule has 1 saturated heterocycles. The van der Waals surface area contributed by atoms with Gasteiger partial charge in [-0.15, -0.1) is 0 Å². The maximum absolute atomic E-state index is 6.40. The van der Waals surface area contributed by atoms with Gasteiger partial charge in [0.25, 0.3) is 0 Å². The van der Waals surface area contributed by atoms with Crippen molar-refractivity contribution in [2.75, 3.05) is 6.61 Å². The molecule has 2 aromatic carbocycles. The molecule has 134 valence electrons. The van der Waals surface area contributed by atoms with Crippen LogP contribution < -0.4 is 0 Å². The zero-order valence-corrected chi connectivity index (χ0v) is 16.6. The van der Waals surface area contributed by atoms with E-state index in [1.54, 1.807) is 23.1 Å². The molecule has 1 fully saturated rings. The van der Waals surface area contributed by atoms with E-state index in [1.807, 2.05) is 30.3 Å². The minimum Gasteiger partial charge on any atom is -0.341 e. The van der Waals surface area contributed by atoms with Gasteiger partial charge in [0.15, 0.2) is 0 Å². The van der Waals surface area contributed by atoms with Crippen LogP contribution in [0.5, 0.6) is 0 Å². The zero-order chi connectivity index (χ0) is 18.1. The van der Waals surface area contributed by atoms with Crippen molar-refractivity contribution in [3.63, 3.8) is 0 Å². The topological polar surface area (TPSA) is 49.2 Å². The van der Waals surface area contributed by atoms with E-state index in [0.717, 1.165) is 15.6 Å². The minimum absolute atomic E-state index is 0.313. The first-order valence-corrected chi connectivity index (χ1v) is 9.46. The first-order valence-electron chi connectivity index (χ1n) is 7.91. The van der Waals surface area contributed by atoms with Gasteiger partial charge in [-0.1, -0.05) is 57.3 Å². The highest BCUT2D eigenvalue weighted by atomic mass is 79.9. The van der Waals surface area contributed by atoms with E-state index in [9.17, 15) is 0 Å². The van der Waals surface area contributed by atoms with E-state index in [-0.39, 0.29) is 6.10 Å². The third-order valence-electron chi connectivity index (χ3n) is 4.23. The van der Waals surface area contributed by atoms with Crippen LogP contribution in [0.1, 0.15) is 17.2 Å². The Kier molecular flexibility index (Phi) is 5.03. The van der Waals surface area contributed by atoms with E-state index in [4.69, 9.17) is 32.7 Å². The van der Waals surface area contributed by atoms with Gasteiger partial charge in [-0.05, 0) is 24.3 Å². The maximum atomic E-state index is 6.40. The van der Waals surface area contributed by atoms with Crippen molar-refractivity contribution in [1.29, 1.82) is 0 Å². The smallest absolute Gasteiger partial charge is 0.216 e. The molecule has 0 saturated carbocycles. The summed E-state index contributed by atoms with van der Waals surface area (Å²) < 4.78 is 15.2. The average Bonchev–Trinajstić information content (AvgIpc) is 3.27. The maximum Gasteiger partial charge on any atom is 0.216 e. The largest absolute Gasteiger partial charge is 0.341 e. The summed E-state index contributed by atoms with van der Waals surface area (Å²) in [5.74, 6) is -0.984. The molecule has 2 unspecified atom stereocenters. The Bertz CT molecular complexity index is 905. The van der Waals surface area contributed by atoms with Crippen LogP contribution in [-0.2, 0) is 21.8 Å². The van der Waals surface area contributed by atoms with Crippen molar-refractivity contribution < 1.29 is 9.47 Å². The molecule has 1 aliphatic rings. The second kappa shape index (κ2) is 7.29. The normalized spacial score (nSPS) is 22.7. The molecule has 0 aliphatic carbocycles. The fraction of sp³-hybridized carbons (Fsp3) is 0.222. The Labute approximate surface area is 169 Å². The quantitative estimate of drug-likeness (QED) is 0.557. The van der Waals surface area contributed by atoms with Gasteiger partial charge in [-0.3, -0.25) is 0 Å². The SMILES string of the molecule is Clc1ccc(C2COC(Cn3cncn3)(c3ccc(Br)cc3)O2)c(Cl)c1. The van der Waals surface area contributed by atoms with Crippen LogP contribution in [0.2, 0.25) is 10.0 Å². The number of ether oxygens (including phenoxy) is 2.